The highest BCUT2D eigenvalue weighted by Crippen LogP contribution is 2.19. The lowest BCUT2D eigenvalue weighted by atomic mass is 10.1. The van der Waals surface area contributed by atoms with Crippen molar-refractivity contribution in [2.24, 2.45) is 0 Å². The third-order valence-electron chi connectivity index (χ3n) is 4.46. The van der Waals surface area contributed by atoms with Gasteiger partial charge in [-0.1, -0.05) is 18.2 Å². The molecule has 0 saturated heterocycles. The van der Waals surface area contributed by atoms with Crippen LogP contribution in [0.1, 0.15) is 22.6 Å². The van der Waals surface area contributed by atoms with Crippen LogP contribution in [0.3, 0.4) is 0 Å². The third kappa shape index (κ3) is 3.78. The van der Waals surface area contributed by atoms with Crippen molar-refractivity contribution < 1.29 is 4.79 Å². The predicted molar refractivity (Wildman–Crippen MR) is 107 cm³/mol. The normalized spacial score (nSPS) is 11.2. The third-order valence-corrected chi connectivity index (χ3v) is 5.32. The Kier molecular flexibility index (Phi) is 4.77. The van der Waals surface area contributed by atoms with E-state index in [0.717, 1.165) is 38.7 Å². The van der Waals surface area contributed by atoms with Gasteiger partial charge < -0.3 is 10.3 Å². The van der Waals surface area contributed by atoms with Crippen LogP contribution in [-0.2, 0) is 17.6 Å². The van der Waals surface area contributed by atoms with Crippen molar-refractivity contribution in [2.45, 2.75) is 26.7 Å². The van der Waals surface area contributed by atoms with E-state index in [1.807, 2.05) is 60.4 Å². The minimum absolute atomic E-state index is 0.0220. The number of aromatic amines is 1. The number of para-hydroxylation sites is 1. The molecule has 6 nitrogen and oxygen atoms in total. The topological polar surface area (TPSA) is 75.6 Å². The quantitative estimate of drug-likeness (QED) is 0.540. The second-order valence-corrected chi connectivity index (χ2v) is 7.43. The Morgan fingerprint density at radius 2 is 2.15 bits per heavy atom. The van der Waals surface area contributed by atoms with Crippen LogP contribution in [0.2, 0.25) is 0 Å². The summed E-state index contributed by atoms with van der Waals surface area (Å²) in [5.41, 5.74) is 5.09. The summed E-state index contributed by atoms with van der Waals surface area (Å²) >= 11 is 1.57. The first-order chi connectivity index (χ1) is 13.1. The van der Waals surface area contributed by atoms with Crippen molar-refractivity contribution >= 4 is 28.1 Å². The molecule has 0 saturated carbocycles. The van der Waals surface area contributed by atoms with Gasteiger partial charge in [0.2, 0.25) is 11.0 Å². The molecule has 2 N–H and O–H groups in total. The fourth-order valence-electron chi connectivity index (χ4n) is 3.17. The Bertz CT molecular complexity index is 1090. The lowest BCUT2D eigenvalue weighted by Crippen LogP contribution is -2.27. The second-order valence-electron chi connectivity index (χ2n) is 6.60. The molecule has 0 aliphatic rings. The lowest BCUT2D eigenvalue weighted by molar-refractivity contribution is -0.120. The lowest BCUT2D eigenvalue weighted by Gasteiger charge is -2.03. The number of rotatable bonds is 6. The van der Waals surface area contributed by atoms with E-state index in [9.17, 15) is 4.79 Å². The number of nitrogens with zero attached hydrogens (tertiary/aromatic N) is 3. The van der Waals surface area contributed by atoms with Crippen molar-refractivity contribution in [1.29, 1.82) is 0 Å². The molecule has 4 aromatic rings. The zero-order chi connectivity index (χ0) is 18.8. The number of hydrogen-bond acceptors (Lipinski definition) is 4. The van der Waals surface area contributed by atoms with Crippen LogP contribution in [0.15, 0.2) is 41.9 Å². The first-order valence-corrected chi connectivity index (χ1v) is 9.78. The molecule has 1 amide bonds. The highest BCUT2D eigenvalue weighted by Gasteiger charge is 2.10. The molecule has 0 atom stereocenters. The van der Waals surface area contributed by atoms with Crippen LogP contribution >= 0.6 is 11.3 Å². The largest absolute Gasteiger partial charge is 0.361 e. The number of hydrogen-bond donors (Lipinski definition) is 2. The first kappa shape index (κ1) is 17.5. The molecule has 0 radical (unpaired) electrons. The maximum Gasteiger partial charge on any atom is 0.224 e. The minimum Gasteiger partial charge on any atom is -0.361 e. The van der Waals surface area contributed by atoms with Gasteiger partial charge >= 0.3 is 0 Å². The van der Waals surface area contributed by atoms with E-state index in [0.29, 0.717) is 19.4 Å². The van der Waals surface area contributed by atoms with Gasteiger partial charge in [0.15, 0.2) is 0 Å². The van der Waals surface area contributed by atoms with Crippen molar-refractivity contribution in [3.05, 3.63) is 64.6 Å². The highest BCUT2D eigenvalue weighted by molar-refractivity contribution is 7.12. The van der Waals surface area contributed by atoms with Crippen LogP contribution in [0, 0.1) is 13.8 Å². The summed E-state index contributed by atoms with van der Waals surface area (Å²) in [5.74, 6) is 0.0220. The molecule has 0 spiro atoms. The number of thiazole rings is 1. The van der Waals surface area contributed by atoms with E-state index in [2.05, 4.69) is 20.4 Å². The molecule has 7 heteroatoms. The molecule has 0 bridgehead atoms. The maximum atomic E-state index is 12.3. The molecular formula is C20H21N5OS. The number of fused-ring (bicyclic) bond motifs is 1. The van der Waals surface area contributed by atoms with Gasteiger partial charge in [-0.15, -0.1) is 11.3 Å². The number of H-pyrrole nitrogens is 1. The van der Waals surface area contributed by atoms with Crippen LogP contribution < -0.4 is 5.32 Å². The minimum atomic E-state index is 0.0220. The predicted octanol–water partition coefficient (Wildman–Crippen LogP) is 3.33. The van der Waals surface area contributed by atoms with Crippen molar-refractivity contribution in [3.63, 3.8) is 0 Å². The maximum absolute atomic E-state index is 12.3. The number of benzene rings is 1. The molecule has 0 aliphatic carbocycles. The molecular weight excluding hydrogens is 358 g/mol. The number of carbonyl (C=O) groups excluding carboxylic acids is 1. The molecule has 4 rings (SSSR count). The Morgan fingerprint density at radius 1 is 1.30 bits per heavy atom. The molecule has 0 unspecified atom stereocenters. The molecule has 1 aromatic carbocycles. The zero-order valence-electron chi connectivity index (χ0n) is 15.3. The van der Waals surface area contributed by atoms with E-state index < -0.39 is 0 Å². The molecule has 138 valence electrons. The van der Waals surface area contributed by atoms with Gasteiger partial charge in [-0.25, -0.2) is 9.67 Å². The highest BCUT2D eigenvalue weighted by atomic mass is 32.1. The van der Waals surface area contributed by atoms with Gasteiger partial charge in [-0.3, -0.25) is 4.79 Å². The summed E-state index contributed by atoms with van der Waals surface area (Å²) in [7, 11) is 0. The molecule has 3 aromatic heterocycles. The SMILES string of the molecule is Cc1cc(C)n(-c2nc(CCNC(=O)Cc3c[nH]c4ccccc34)cs2)n1. The Morgan fingerprint density at radius 3 is 2.96 bits per heavy atom. The van der Waals surface area contributed by atoms with Crippen LogP contribution in [0.5, 0.6) is 0 Å². The summed E-state index contributed by atoms with van der Waals surface area (Å²) < 4.78 is 1.86. The smallest absolute Gasteiger partial charge is 0.224 e. The monoisotopic (exact) mass is 379 g/mol. The van der Waals surface area contributed by atoms with Crippen molar-refractivity contribution in [2.75, 3.05) is 6.54 Å². The van der Waals surface area contributed by atoms with Gasteiger partial charge in [-0.05, 0) is 31.5 Å². The summed E-state index contributed by atoms with van der Waals surface area (Å²) in [6, 6.07) is 10.0. The van der Waals surface area contributed by atoms with Crippen LogP contribution in [-0.4, -0.2) is 32.2 Å². The zero-order valence-corrected chi connectivity index (χ0v) is 16.1. The van der Waals surface area contributed by atoms with E-state index in [-0.39, 0.29) is 5.91 Å². The van der Waals surface area contributed by atoms with E-state index in [1.165, 1.54) is 0 Å². The van der Waals surface area contributed by atoms with E-state index >= 15 is 0 Å². The molecule has 3 heterocycles. The van der Waals surface area contributed by atoms with Crippen molar-refractivity contribution in [3.8, 4) is 5.13 Å². The average Bonchev–Trinajstić information content (AvgIpc) is 3.35. The van der Waals surface area contributed by atoms with Crippen molar-refractivity contribution in [1.82, 2.24) is 25.1 Å². The number of nitrogens with one attached hydrogen (secondary N) is 2. The molecule has 0 aliphatic heterocycles. The molecule has 27 heavy (non-hydrogen) atoms. The van der Waals surface area contributed by atoms with Crippen LogP contribution in [0.25, 0.3) is 16.0 Å². The van der Waals surface area contributed by atoms with E-state index in [1.54, 1.807) is 11.3 Å². The summed E-state index contributed by atoms with van der Waals surface area (Å²) in [4.78, 5) is 20.1. The summed E-state index contributed by atoms with van der Waals surface area (Å²) in [5, 5.41) is 11.4. The van der Waals surface area contributed by atoms with Crippen LogP contribution in [0.4, 0.5) is 0 Å². The van der Waals surface area contributed by atoms with Gasteiger partial charge in [0.25, 0.3) is 0 Å². The molecule has 0 fully saturated rings. The number of carbonyl (C=O) groups is 1. The number of aromatic nitrogens is 4. The summed E-state index contributed by atoms with van der Waals surface area (Å²) in [6.07, 6.45) is 2.98. The number of amides is 1. The first-order valence-electron chi connectivity index (χ1n) is 8.90. The standard InChI is InChI=1S/C20H21N5OS/c1-13-9-14(2)25(24-13)20-23-16(12-27-20)7-8-21-19(26)10-15-11-22-18-6-4-3-5-17(15)18/h3-6,9,11-12,22H,7-8,10H2,1-2H3,(H,21,26). The van der Waals surface area contributed by atoms with Gasteiger partial charge in [-0.2, -0.15) is 5.10 Å². The van der Waals surface area contributed by atoms with Gasteiger partial charge in [0.05, 0.1) is 17.8 Å². The van der Waals surface area contributed by atoms with Gasteiger partial charge in [0.1, 0.15) is 0 Å². The Balaban J connectivity index is 1.32. The Labute approximate surface area is 161 Å². The summed E-state index contributed by atoms with van der Waals surface area (Å²) in [6.45, 7) is 4.56. The van der Waals surface area contributed by atoms with E-state index in [4.69, 9.17) is 0 Å². The fraction of sp³-hybridized carbons (Fsp3) is 0.250. The Hall–Kier alpha value is -2.93. The second kappa shape index (κ2) is 7.36. The average molecular weight is 379 g/mol. The fourth-order valence-corrected chi connectivity index (χ4v) is 4.04. The van der Waals surface area contributed by atoms with Gasteiger partial charge in [0, 0.05) is 41.1 Å². The number of aryl methyl sites for hydroxylation is 2.